The van der Waals surface area contributed by atoms with Crippen LogP contribution >= 0.6 is 23.4 Å². The number of thioether (sulfide) groups is 1. The molecule has 0 aromatic heterocycles. The zero-order valence-corrected chi connectivity index (χ0v) is 22.4. The normalized spacial score (nSPS) is 12.1. The smallest absolute Gasteiger partial charge is 0.243 e. The molecule has 3 aromatic rings. The molecule has 36 heavy (non-hydrogen) atoms. The molecule has 0 fully saturated rings. The molecule has 1 atom stereocenters. The topological polar surface area (TPSA) is 49.4 Å². The molecule has 0 aliphatic heterocycles. The number of halogens is 2. The van der Waals surface area contributed by atoms with Gasteiger partial charge in [-0.25, -0.2) is 4.39 Å². The molecular formula is C29H32ClFN2O2S. The molecule has 190 valence electrons. The number of carbonyl (C=O) groups is 2. The number of amides is 2. The van der Waals surface area contributed by atoms with Crippen LogP contribution in [0.3, 0.4) is 0 Å². The largest absolute Gasteiger partial charge is 0.350 e. The molecule has 1 N–H and O–H groups in total. The van der Waals surface area contributed by atoms with Crippen LogP contribution in [-0.4, -0.2) is 34.0 Å². The van der Waals surface area contributed by atoms with Crippen molar-refractivity contribution in [1.29, 1.82) is 0 Å². The molecule has 2 amide bonds. The summed E-state index contributed by atoms with van der Waals surface area (Å²) in [6.07, 6.45) is 0.321. The van der Waals surface area contributed by atoms with E-state index in [0.29, 0.717) is 22.8 Å². The molecular weight excluding hydrogens is 495 g/mol. The van der Waals surface area contributed by atoms with Gasteiger partial charge in [-0.1, -0.05) is 72.3 Å². The third kappa shape index (κ3) is 8.68. The number of nitrogens with one attached hydrogen (secondary N) is 1. The van der Waals surface area contributed by atoms with Gasteiger partial charge in [-0.3, -0.25) is 9.59 Å². The van der Waals surface area contributed by atoms with Crippen molar-refractivity contribution in [3.8, 4) is 0 Å². The average molecular weight is 527 g/mol. The fraction of sp³-hybridized carbons (Fsp3) is 0.310. The van der Waals surface area contributed by atoms with Crippen molar-refractivity contribution in [2.24, 2.45) is 0 Å². The molecule has 7 heteroatoms. The molecule has 0 aliphatic rings. The summed E-state index contributed by atoms with van der Waals surface area (Å²) < 4.78 is 14.6. The number of hydrogen-bond donors (Lipinski definition) is 1. The number of hydrogen-bond acceptors (Lipinski definition) is 3. The lowest BCUT2D eigenvalue weighted by molar-refractivity contribution is -0.140. The summed E-state index contributed by atoms with van der Waals surface area (Å²) in [5.74, 6) is -0.158. The van der Waals surface area contributed by atoms with Crippen molar-refractivity contribution in [2.75, 3.05) is 5.75 Å². The second-order valence-electron chi connectivity index (χ2n) is 9.68. The summed E-state index contributed by atoms with van der Waals surface area (Å²) in [7, 11) is 0. The highest BCUT2D eigenvalue weighted by Crippen LogP contribution is 2.21. The molecule has 4 nitrogen and oxygen atoms in total. The van der Waals surface area contributed by atoms with Gasteiger partial charge in [0, 0.05) is 34.8 Å². The molecule has 0 heterocycles. The van der Waals surface area contributed by atoms with Gasteiger partial charge in [0.05, 0.1) is 5.75 Å². The Morgan fingerprint density at radius 2 is 1.64 bits per heavy atom. The highest BCUT2D eigenvalue weighted by molar-refractivity contribution is 7.99. The Hall–Kier alpha value is -2.83. The molecule has 0 saturated carbocycles. The summed E-state index contributed by atoms with van der Waals surface area (Å²) in [6, 6.07) is 22.6. The molecule has 0 saturated heterocycles. The molecule has 0 spiro atoms. The van der Waals surface area contributed by atoms with Gasteiger partial charge in [-0.05, 0) is 50.1 Å². The standard InChI is InChI=1S/C29H32ClFN2O2S/c1-29(2,3)32-28(35)26(17-21-10-5-4-6-11-21)33(18-23-13-7-8-15-25(23)31)27(34)20-36-19-22-12-9-14-24(30)16-22/h4-16,26H,17-20H2,1-3H3,(H,32,35)/t26-/m0/s1. The minimum Gasteiger partial charge on any atom is -0.350 e. The van der Waals surface area contributed by atoms with Crippen LogP contribution in [0.5, 0.6) is 0 Å². The third-order valence-corrected chi connectivity index (χ3v) is 6.67. The summed E-state index contributed by atoms with van der Waals surface area (Å²) in [4.78, 5) is 28.6. The maximum absolute atomic E-state index is 14.6. The van der Waals surface area contributed by atoms with Crippen LogP contribution in [0.1, 0.15) is 37.5 Å². The minimum absolute atomic E-state index is 0.00169. The van der Waals surface area contributed by atoms with E-state index < -0.39 is 17.4 Å². The van der Waals surface area contributed by atoms with Crippen molar-refractivity contribution >= 4 is 35.2 Å². The first-order valence-corrected chi connectivity index (χ1v) is 13.4. The van der Waals surface area contributed by atoms with Crippen molar-refractivity contribution in [3.05, 3.63) is 106 Å². The Bertz CT molecular complexity index is 1170. The number of nitrogens with zero attached hydrogens (tertiary/aromatic N) is 1. The third-order valence-electron chi connectivity index (χ3n) is 5.45. The van der Waals surface area contributed by atoms with Gasteiger partial charge in [-0.2, -0.15) is 0 Å². The van der Waals surface area contributed by atoms with E-state index in [0.717, 1.165) is 11.1 Å². The van der Waals surface area contributed by atoms with Gasteiger partial charge in [0.1, 0.15) is 11.9 Å². The summed E-state index contributed by atoms with van der Waals surface area (Å²) in [5, 5.41) is 3.66. The highest BCUT2D eigenvalue weighted by Gasteiger charge is 2.32. The van der Waals surface area contributed by atoms with Crippen molar-refractivity contribution in [2.45, 2.75) is 51.1 Å². The van der Waals surface area contributed by atoms with E-state index in [1.165, 1.54) is 22.7 Å². The van der Waals surface area contributed by atoms with Crippen molar-refractivity contribution in [3.63, 3.8) is 0 Å². The second kappa shape index (κ2) is 12.9. The Balaban J connectivity index is 1.88. The molecule has 3 aromatic carbocycles. The summed E-state index contributed by atoms with van der Waals surface area (Å²) in [6.45, 7) is 5.69. The fourth-order valence-electron chi connectivity index (χ4n) is 3.78. The predicted octanol–water partition coefficient (Wildman–Crippen LogP) is 6.27. The molecule has 0 bridgehead atoms. The van der Waals surface area contributed by atoms with Gasteiger partial charge in [0.15, 0.2) is 0 Å². The lowest BCUT2D eigenvalue weighted by atomic mass is 10.0. The lowest BCUT2D eigenvalue weighted by Gasteiger charge is -2.34. The van der Waals surface area contributed by atoms with E-state index in [9.17, 15) is 14.0 Å². The molecule has 0 radical (unpaired) electrons. The zero-order chi connectivity index (χ0) is 26.1. The van der Waals surface area contributed by atoms with Gasteiger partial charge >= 0.3 is 0 Å². The quantitative estimate of drug-likeness (QED) is 0.339. The molecule has 0 unspecified atom stereocenters. The lowest BCUT2D eigenvalue weighted by Crippen LogP contribution is -2.54. The van der Waals surface area contributed by atoms with Crippen LogP contribution in [0.2, 0.25) is 5.02 Å². The second-order valence-corrected chi connectivity index (χ2v) is 11.1. The van der Waals surface area contributed by atoms with E-state index in [2.05, 4.69) is 5.32 Å². The van der Waals surface area contributed by atoms with Crippen LogP contribution in [0.25, 0.3) is 0 Å². The Labute approximate surface area is 222 Å². The number of benzene rings is 3. The van der Waals surface area contributed by atoms with Crippen LogP contribution in [0, 0.1) is 5.82 Å². The van der Waals surface area contributed by atoms with Gasteiger partial charge in [-0.15, -0.1) is 11.8 Å². The van der Waals surface area contributed by atoms with Crippen LogP contribution in [0.15, 0.2) is 78.9 Å². The molecule has 3 rings (SSSR count). The Kier molecular flexibility index (Phi) is 9.97. The Morgan fingerprint density at radius 1 is 0.972 bits per heavy atom. The summed E-state index contributed by atoms with van der Waals surface area (Å²) >= 11 is 7.52. The van der Waals surface area contributed by atoms with E-state index in [1.54, 1.807) is 24.3 Å². The fourth-order valence-corrected chi connectivity index (χ4v) is 4.85. The van der Waals surface area contributed by atoms with Gasteiger partial charge < -0.3 is 10.2 Å². The summed E-state index contributed by atoms with van der Waals surface area (Å²) in [5.41, 5.74) is 1.81. The number of carbonyl (C=O) groups excluding carboxylic acids is 2. The van der Waals surface area contributed by atoms with E-state index in [-0.39, 0.29) is 24.1 Å². The first-order chi connectivity index (χ1) is 17.1. The van der Waals surface area contributed by atoms with E-state index in [1.807, 2.05) is 69.3 Å². The van der Waals surface area contributed by atoms with Gasteiger partial charge in [0.25, 0.3) is 0 Å². The Morgan fingerprint density at radius 3 is 2.31 bits per heavy atom. The zero-order valence-electron chi connectivity index (χ0n) is 20.8. The van der Waals surface area contributed by atoms with Crippen LogP contribution in [0.4, 0.5) is 4.39 Å². The van der Waals surface area contributed by atoms with Gasteiger partial charge in [0.2, 0.25) is 11.8 Å². The van der Waals surface area contributed by atoms with Crippen LogP contribution in [-0.2, 0) is 28.3 Å². The maximum atomic E-state index is 14.6. The average Bonchev–Trinajstić information content (AvgIpc) is 2.82. The first-order valence-electron chi connectivity index (χ1n) is 11.8. The first kappa shape index (κ1) is 27.8. The monoisotopic (exact) mass is 526 g/mol. The highest BCUT2D eigenvalue weighted by atomic mass is 35.5. The number of rotatable bonds is 10. The van der Waals surface area contributed by atoms with E-state index >= 15 is 0 Å². The van der Waals surface area contributed by atoms with E-state index in [4.69, 9.17) is 11.6 Å². The van der Waals surface area contributed by atoms with Crippen molar-refractivity contribution < 1.29 is 14.0 Å². The maximum Gasteiger partial charge on any atom is 0.243 e. The minimum atomic E-state index is -0.800. The predicted molar refractivity (Wildman–Crippen MR) is 146 cm³/mol. The SMILES string of the molecule is CC(C)(C)NC(=O)[C@H](Cc1ccccc1)N(Cc1ccccc1F)C(=O)CSCc1cccc(Cl)c1. The van der Waals surface area contributed by atoms with Crippen LogP contribution < -0.4 is 5.32 Å². The molecule has 0 aliphatic carbocycles. The van der Waals surface area contributed by atoms with Crippen molar-refractivity contribution in [1.82, 2.24) is 10.2 Å².